The predicted molar refractivity (Wildman–Crippen MR) is 178 cm³/mol. The Morgan fingerprint density at radius 3 is 2.07 bits per heavy atom. The first-order valence-electron chi connectivity index (χ1n) is 15.0. The minimum absolute atomic E-state index is 0.0366. The van der Waals surface area contributed by atoms with Crippen LogP contribution in [0.5, 0.6) is 11.5 Å². The average Bonchev–Trinajstić information content (AvgIpc) is 3.41. The van der Waals surface area contributed by atoms with E-state index in [0.29, 0.717) is 65.7 Å². The quantitative estimate of drug-likeness (QED) is 0.292. The smallest absolute Gasteiger partial charge is 0.326 e. The van der Waals surface area contributed by atoms with Gasteiger partial charge in [-0.15, -0.1) is 0 Å². The summed E-state index contributed by atoms with van der Waals surface area (Å²) < 4.78 is 11.8. The molecule has 1 saturated heterocycles. The summed E-state index contributed by atoms with van der Waals surface area (Å²) in [4.78, 5) is 39.6. The maximum Gasteiger partial charge on any atom is 0.326 e. The largest absolute Gasteiger partial charge is 0.497 e. The van der Waals surface area contributed by atoms with Crippen molar-refractivity contribution < 1.29 is 19.1 Å². The fraction of sp³-hybridized carbons (Fsp3) is 0.382. The van der Waals surface area contributed by atoms with Crippen molar-refractivity contribution in [2.24, 2.45) is 4.99 Å². The number of urea groups is 1. The van der Waals surface area contributed by atoms with Crippen LogP contribution in [0.25, 0.3) is 0 Å². The monoisotopic (exact) mass is 651 g/mol. The number of methoxy groups -OCH3 is 1. The molecule has 0 aliphatic carbocycles. The summed E-state index contributed by atoms with van der Waals surface area (Å²) in [6.07, 6.45) is -0.126. The van der Waals surface area contributed by atoms with Crippen LogP contribution < -0.4 is 9.47 Å². The van der Waals surface area contributed by atoms with E-state index >= 15 is 0 Å². The zero-order valence-corrected chi connectivity index (χ0v) is 27.8. The van der Waals surface area contributed by atoms with Gasteiger partial charge in [-0.2, -0.15) is 0 Å². The van der Waals surface area contributed by atoms with Crippen molar-refractivity contribution in [3.8, 4) is 11.5 Å². The number of hydrogen-bond donors (Lipinski definition) is 0. The third kappa shape index (κ3) is 7.38. The Hall–Kier alpha value is -3.79. The summed E-state index contributed by atoms with van der Waals surface area (Å²) in [5.41, 5.74) is 2.49. The van der Waals surface area contributed by atoms with Crippen molar-refractivity contribution in [1.82, 2.24) is 19.6 Å². The lowest BCUT2D eigenvalue weighted by Crippen LogP contribution is -2.55. The lowest BCUT2D eigenvalue weighted by atomic mass is 9.93. The zero-order chi connectivity index (χ0) is 32.2. The second-order valence-corrected chi connectivity index (χ2v) is 12.6. The van der Waals surface area contributed by atoms with Crippen molar-refractivity contribution >= 4 is 41.0 Å². The maximum atomic E-state index is 14.7. The molecule has 2 atom stereocenters. The first kappa shape index (κ1) is 32.6. The van der Waals surface area contributed by atoms with Gasteiger partial charge in [0.1, 0.15) is 23.4 Å². The van der Waals surface area contributed by atoms with Gasteiger partial charge in [0.15, 0.2) is 0 Å². The van der Waals surface area contributed by atoms with Gasteiger partial charge in [-0.1, -0.05) is 47.5 Å². The van der Waals surface area contributed by atoms with Gasteiger partial charge >= 0.3 is 6.03 Å². The van der Waals surface area contributed by atoms with Crippen LogP contribution in [0.3, 0.4) is 0 Å². The number of hydrogen-bond acceptors (Lipinski definition) is 6. The van der Waals surface area contributed by atoms with Gasteiger partial charge in [-0.05, 0) is 61.4 Å². The molecule has 0 N–H and O–H groups in total. The molecule has 0 spiro atoms. The number of amides is 3. The molecule has 238 valence electrons. The van der Waals surface area contributed by atoms with E-state index < -0.39 is 12.1 Å². The van der Waals surface area contributed by atoms with Gasteiger partial charge in [-0.25, -0.2) is 4.79 Å². The van der Waals surface area contributed by atoms with Gasteiger partial charge in [0.05, 0.1) is 31.4 Å². The van der Waals surface area contributed by atoms with Crippen LogP contribution in [-0.2, 0) is 4.79 Å². The van der Waals surface area contributed by atoms with E-state index in [-0.39, 0.29) is 18.0 Å². The van der Waals surface area contributed by atoms with Crippen LogP contribution in [-0.4, -0.2) is 97.4 Å². The van der Waals surface area contributed by atoms with Crippen molar-refractivity contribution in [3.05, 3.63) is 93.5 Å². The molecule has 2 heterocycles. The molecule has 0 unspecified atom stereocenters. The van der Waals surface area contributed by atoms with Crippen molar-refractivity contribution in [2.45, 2.75) is 32.0 Å². The Labute approximate surface area is 274 Å². The highest BCUT2D eigenvalue weighted by molar-refractivity contribution is 6.30. The normalized spacial score (nSPS) is 18.6. The molecule has 9 nitrogen and oxygen atoms in total. The highest BCUT2D eigenvalue weighted by atomic mass is 35.5. The highest BCUT2D eigenvalue weighted by Gasteiger charge is 2.45. The number of carbonyl (C=O) groups is 2. The van der Waals surface area contributed by atoms with Crippen molar-refractivity contribution in [2.75, 3.05) is 53.9 Å². The number of benzene rings is 3. The third-order valence-electron chi connectivity index (χ3n) is 7.99. The van der Waals surface area contributed by atoms with Crippen molar-refractivity contribution in [3.63, 3.8) is 0 Å². The molecule has 5 rings (SSSR count). The number of carbonyl (C=O) groups excluding carboxylic acids is 2. The number of rotatable bonds is 8. The van der Waals surface area contributed by atoms with Gasteiger partial charge in [0.2, 0.25) is 5.91 Å². The summed E-state index contributed by atoms with van der Waals surface area (Å²) in [7, 11) is 5.11. The SMILES string of the molecule is COc1ccc(C2=N[C@@H](c3ccc(Cl)cc3)[C@@H](c3ccc(Cl)cc3)N2C(=O)N2CCN(CC(=O)N(C)C)CC2)c(OC(C)C)c1. The topological polar surface area (TPSA) is 77.9 Å². The molecule has 3 aromatic rings. The lowest BCUT2D eigenvalue weighted by Gasteiger charge is -2.39. The molecular weight excluding hydrogens is 613 g/mol. The second kappa shape index (κ2) is 14.1. The van der Waals surface area contributed by atoms with E-state index in [1.165, 1.54) is 0 Å². The Kier molecular flexibility index (Phi) is 10.2. The molecule has 45 heavy (non-hydrogen) atoms. The summed E-state index contributed by atoms with van der Waals surface area (Å²) in [5, 5.41) is 1.22. The van der Waals surface area contributed by atoms with E-state index in [2.05, 4.69) is 4.90 Å². The van der Waals surface area contributed by atoms with Gasteiger partial charge in [-0.3, -0.25) is 19.6 Å². The van der Waals surface area contributed by atoms with E-state index in [4.69, 9.17) is 37.7 Å². The van der Waals surface area contributed by atoms with Crippen LogP contribution >= 0.6 is 23.2 Å². The highest BCUT2D eigenvalue weighted by Crippen LogP contribution is 2.46. The first-order chi connectivity index (χ1) is 21.5. The Balaban J connectivity index is 1.59. The molecule has 1 fully saturated rings. The Morgan fingerprint density at radius 2 is 1.51 bits per heavy atom. The lowest BCUT2D eigenvalue weighted by molar-refractivity contribution is -0.130. The average molecular weight is 653 g/mol. The molecular formula is C34H39Cl2N5O4. The molecule has 2 aliphatic rings. The Morgan fingerprint density at radius 1 is 0.911 bits per heavy atom. The number of halogens is 2. The third-order valence-corrected chi connectivity index (χ3v) is 8.49. The number of nitrogens with zero attached hydrogens (tertiary/aromatic N) is 5. The minimum atomic E-state index is -0.478. The summed E-state index contributed by atoms with van der Waals surface area (Å²) in [5.74, 6) is 1.75. The van der Waals surface area contributed by atoms with E-state index in [0.717, 1.165) is 11.1 Å². The van der Waals surface area contributed by atoms with E-state index in [1.54, 1.807) is 31.0 Å². The molecule has 0 bridgehead atoms. The van der Waals surface area contributed by atoms with Gasteiger partial charge in [0.25, 0.3) is 0 Å². The van der Waals surface area contributed by atoms with Crippen LogP contribution in [0.2, 0.25) is 10.0 Å². The molecule has 3 aromatic carbocycles. The molecule has 0 saturated carbocycles. The fourth-order valence-electron chi connectivity index (χ4n) is 5.60. The summed E-state index contributed by atoms with van der Waals surface area (Å²) in [6.45, 7) is 6.34. The maximum absolute atomic E-state index is 14.7. The second-order valence-electron chi connectivity index (χ2n) is 11.7. The summed E-state index contributed by atoms with van der Waals surface area (Å²) in [6, 6.07) is 19.6. The fourth-order valence-corrected chi connectivity index (χ4v) is 5.85. The van der Waals surface area contributed by atoms with Crippen LogP contribution in [0.4, 0.5) is 4.79 Å². The number of aliphatic imine (C=N–C) groups is 1. The van der Waals surface area contributed by atoms with Crippen LogP contribution in [0.1, 0.15) is 42.6 Å². The van der Waals surface area contributed by atoms with Gasteiger partial charge < -0.3 is 19.3 Å². The van der Waals surface area contributed by atoms with E-state index in [1.807, 2.05) is 85.5 Å². The summed E-state index contributed by atoms with van der Waals surface area (Å²) >= 11 is 12.6. The number of piperazine rings is 1. The Bertz CT molecular complexity index is 1540. The molecule has 11 heteroatoms. The van der Waals surface area contributed by atoms with Crippen LogP contribution in [0, 0.1) is 0 Å². The number of ether oxygens (including phenoxy) is 2. The molecule has 2 aliphatic heterocycles. The first-order valence-corrected chi connectivity index (χ1v) is 15.8. The van der Waals surface area contributed by atoms with E-state index in [9.17, 15) is 9.59 Å². The minimum Gasteiger partial charge on any atom is -0.497 e. The van der Waals surface area contributed by atoms with Gasteiger partial charge in [0, 0.05) is 56.4 Å². The molecule has 0 aromatic heterocycles. The predicted octanol–water partition coefficient (Wildman–Crippen LogP) is 6.16. The number of amidine groups is 1. The van der Waals surface area contributed by atoms with Crippen molar-refractivity contribution in [1.29, 1.82) is 0 Å². The van der Waals surface area contributed by atoms with Crippen LogP contribution in [0.15, 0.2) is 71.7 Å². The number of likely N-dealkylation sites (N-methyl/N-ethyl adjacent to an activating group) is 1. The standard InChI is InChI=1S/C34H39Cl2N5O4/c1-22(2)45-29-20-27(44-5)14-15-28(29)33-37-31(23-6-10-25(35)11-7-23)32(24-8-12-26(36)13-9-24)41(33)34(43)40-18-16-39(17-19-40)21-30(42)38(3)4/h6-15,20,22,31-32H,16-19,21H2,1-5H3/t31-,32+/m0/s1. The zero-order valence-electron chi connectivity index (χ0n) is 26.2. The molecule has 3 amide bonds. The molecule has 0 radical (unpaired) electrons.